The summed E-state index contributed by atoms with van der Waals surface area (Å²) in [4.78, 5) is 11.8. The summed E-state index contributed by atoms with van der Waals surface area (Å²) in [5, 5.41) is 4.50. The molecule has 0 bridgehead atoms. The van der Waals surface area contributed by atoms with E-state index in [0.717, 1.165) is 12.8 Å². The van der Waals surface area contributed by atoms with Crippen LogP contribution in [-0.4, -0.2) is 28.2 Å². The van der Waals surface area contributed by atoms with E-state index in [0.29, 0.717) is 0 Å². The van der Waals surface area contributed by atoms with E-state index in [1.165, 1.54) is 16.3 Å². The largest absolute Gasteiger partial charge is 0.451 e. The highest BCUT2D eigenvalue weighted by atomic mass is 28.4. The Morgan fingerprint density at radius 2 is 1.65 bits per heavy atom. The van der Waals surface area contributed by atoms with Crippen molar-refractivity contribution in [3.63, 3.8) is 0 Å². The number of nitrogens with one attached hydrogen (secondary N) is 1. The molecule has 3 nitrogen and oxygen atoms in total. The molecule has 130 valence electrons. The number of carbonyl (C=O) groups is 1. The normalized spacial score (nSPS) is 15.8. The molecule has 1 rings (SSSR count). The number of aryl methyl sites for hydroxylation is 2. The minimum Gasteiger partial charge on any atom is -0.451 e. The van der Waals surface area contributed by atoms with Crippen LogP contribution >= 0.6 is 0 Å². The van der Waals surface area contributed by atoms with Gasteiger partial charge in [-0.15, -0.1) is 0 Å². The summed E-state index contributed by atoms with van der Waals surface area (Å²) in [5.41, 5.74) is 2.63. The molecule has 0 radical (unpaired) electrons. The van der Waals surface area contributed by atoms with Gasteiger partial charge in [0.25, 0.3) is 0 Å². The third-order valence-corrected chi connectivity index (χ3v) is 11.3. The Hall–Kier alpha value is -0.916. The fourth-order valence-electron chi connectivity index (χ4n) is 3.25. The van der Waals surface area contributed by atoms with Crippen LogP contribution < -0.4 is 10.5 Å². The quantitative estimate of drug-likeness (QED) is 0.759. The van der Waals surface area contributed by atoms with Crippen LogP contribution in [0, 0.1) is 13.8 Å². The molecule has 0 heterocycles. The van der Waals surface area contributed by atoms with Crippen molar-refractivity contribution in [2.24, 2.45) is 0 Å². The maximum atomic E-state index is 11.8. The van der Waals surface area contributed by atoms with Crippen LogP contribution in [0.4, 0.5) is 0 Å². The summed E-state index contributed by atoms with van der Waals surface area (Å²) in [7, 11) is -4.05. The van der Waals surface area contributed by atoms with E-state index < -0.39 is 16.6 Å². The predicted octanol–water partition coefficient (Wildman–Crippen LogP) is 3.78. The molecule has 0 fully saturated rings. The average molecular weight is 352 g/mol. The zero-order valence-electron chi connectivity index (χ0n) is 16.0. The van der Waals surface area contributed by atoms with Crippen molar-refractivity contribution >= 4 is 27.7 Å². The first-order valence-electron chi connectivity index (χ1n) is 8.54. The SMILES string of the molecule is CCC[C@H](NC(C)=O)[Si](C)(O[Si](C)(C)C)c1cc(C)cc(C)c1. The van der Waals surface area contributed by atoms with Crippen LogP contribution in [0.15, 0.2) is 18.2 Å². The summed E-state index contributed by atoms with van der Waals surface area (Å²) in [5.74, 6) is 0.0331. The van der Waals surface area contributed by atoms with Crippen molar-refractivity contribution in [3.05, 3.63) is 29.3 Å². The Labute approximate surface area is 144 Å². The maximum Gasteiger partial charge on any atom is 0.231 e. The molecule has 2 atom stereocenters. The maximum absolute atomic E-state index is 11.8. The number of rotatable bonds is 7. The smallest absolute Gasteiger partial charge is 0.231 e. The van der Waals surface area contributed by atoms with Gasteiger partial charge in [-0.1, -0.05) is 42.7 Å². The van der Waals surface area contributed by atoms with Gasteiger partial charge >= 0.3 is 0 Å². The molecule has 1 aromatic carbocycles. The average Bonchev–Trinajstić information content (AvgIpc) is 2.34. The van der Waals surface area contributed by atoms with E-state index in [-0.39, 0.29) is 11.6 Å². The summed E-state index contributed by atoms with van der Waals surface area (Å²) >= 11 is 0. The van der Waals surface area contributed by atoms with Crippen molar-refractivity contribution in [2.75, 3.05) is 0 Å². The molecule has 1 aromatic rings. The Kier molecular flexibility index (Phi) is 6.80. The lowest BCUT2D eigenvalue weighted by atomic mass is 10.2. The zero-order valence-corrected chi connectivity index (χ0v) is 18.0. The van der Waals surface area contributed by atoms with Crippen molar-refractivity contribution < 1.29 is 8.91 Å². The van der Waals surface area contributed by atoms with Gasteiger partial charge in [-0.3, -0.25) is 4.79 Å². The third-order valence-electron chi connectivity index (χ3n) is 3.93. The van der Waals surface area contributed by atoms with Crippen molar-refractivity contribution in [3.8, 4) is 0 Å². The molecule has 0 saturated heterocycles. The summed E-state index contributed by atoms with van der Waals surface area (Å²) < 4.78 is 6.80. The Morgan fingerprint density at radius 3 is 2.04 bits per heavy atom. The van der Waals surface area contributed by atoms with Gasteiger partial charge < -0.3 is 9.43 Å². The van der Waals surface area contributed by atoms with E-state index in [9.17, 15) is 4.79 Å². The summed E-state index contributed by atoms with van der Waals surface area (Å²) in [6.45, 7) is 17.0. The van der Waals surface area contributed by atoms with Crippen molar-refractivity contribution in [1.82, 2.24) is 5.32 Å². The van der Waals surface area contributed by atoms with Gasteiger partial charge in [-0.25, -0.2) is 0 Å². The Balaban J connectivity index is 3.42. The van der Waals surface area contributed by atoms with Crippen molar-refractivity contribution in [2.45, 2.75) is 72.4 Å². The zero-order chi connectivity index (χ0) is 17.8. The van der Waals surface area contributed by atoms with Gasteiger partial charge in [0, 0.05) is 6.92 Å². The van der Waals surface area contributed by atoms with Crippen LogP contribution in [0.2, 0.25) is 26.2 Å². The highest BCUT2D eigenvalue weighted by Crippen LogP contribution is 2.22. The fraction of sp³-hybridized carbons (Fsp3) is 0.611. The van der Waals surface area contributed by atoms with Crippen molar-refractivity contribution in [1.29, 1.82) is 0 Å². The van der Waals surface area contributed by atoms with Crippen LogP contribution in [0.5, 0.6) is 0 Å². The first-order chi connectivity index (χ1) is 10.5. The van der Waals surface area contributed by atoms with E-state index >= 15 is 0 Å². The lowest BCUT2D eigenvalue weighted by molar-refractivity contribution is -0.119. The first-order valence-corrected chi connectivity index (χ1v) is 14.4. The Morgan fingerprint density at radius 1 is 1.13 bits per heavy atom. The molecule has 1 amide bonds. The molecule has 0 aliphatic rings. The third kappa shape index (κ3) is 5.90. The van der Waals surface area contributed by atoms with Gasteiger partial charge in [0.1, 0.15) is 0 Å². The second kappa shape index (κ2) is 7.77. The number of hydrogen-bond acceptors (Lipinski definition) is 2. The fourth-order valence-corrected chi connectivity index (χ4v) is 12.1. The molecule has 23 heavy (non-hydrogen) atoms. The minimum atomic E-state index is -2.31. The number of carbonyl (C=O) groups excluding carboxylic acids is 1. The number of hydrogen-bond donors (Lipinski definition) is 1. The molecule has 1 unspecified atom stereocenters. The monoisotopic (exact) mass is 351 g/mol. The molecule has 0 aromatic heterocycles. The van der Waals surface area contributed by atoms with Gasteiger partial charge in [0.2, 0.25) is 14.2 Å². The van der Waals surface area contributed by atoms with Crippen LogP contribution in [0.1, 0.15) is 37.8 Å². The topological polar surface area (TPSA) is 38.3 Å². The molecule has 0 aliphatic carbocycles. The second-order valence-electron chi connectivity index (χ2n) is 7.74. The highest BCUT2D eigenvalue weighted by molar-refractivity contribution is 6.93. The van der Waals surface area contributed by atoms with Gasteiger partial charge in [0.15, 0.2) is 8.32 Å². The van der Waals surface area contributed by atoms with E-state index in [1.54, 1.807) is 6.92 Å². The molecule has 0 spiro atoms. The lowest BCUT2D eigenvalue weighted by Gasteiger charge is -2.41. The van der Waals surface area contributed by atoms with Crippen LogP contribution in [0.25, 0.3) is 0 Å². The second-order valence-corrected chi connectivity index (χ2v) is 16.3. The molecule has 0 saturated carbocycles. The van der Waals surface area contributed by atoms with Gasteiger partial charge in [0.05, 0.1) is 5.67 Å². The molecular formula is C18H33NO2Si2. The van der Waals surface area contributed by atoms with Crippen LogP contribution in [0.3, 0.4) is 0 Å². The van der Waals surface area contributed by atoms with E-state index in [4.69, 9.17) is 4.12 Å². The molecular weight excluding hydrogens is 318 g/mol. The van der Waals surface area contributed by atoms with E-state index in [2.05, 4.69) is 70.5 Å². The summed E-state index contributed by atoms with van der Waals surface area (Å²) in [6.07, 6.45) is 1.99. The number of amides is 1. The van der Waals surface area contributed by atoms with Gasteiger partial charge in [-0.2, -0.15) is 0 Å². The van der Waals surface area contributed by atoms with Gasteiger partial charge in [-0.05, 0) is 51.6 Å². The molecule has 5 heteroatoms. The number of benzene rings is 1. The standard InChI is InChI=1S/C18H33NO2Si2/c1-9-10-18(19-16(4)20)23(8,21-22(5,6)7)17-12-14(2)11-15(3)13-17/h11-13,18H,9-10H2,1-8H3,(H,19,20)/t18-,23?/m1/s1. The first kappa shape index (κ1) is 20.1. The minimum absolute atomic E-state index is 0.0331. The molecule has 0 aliphatic heterocycles. The Bertz CT molecular complexity index is 534. The predicted molar refractivity (Wildman–Crippen MR) is 104 cm³/mol. The van der Waals surface area contributed by atoms with E-state index in [1.807, 2.05) is 0 Å². The summed E-state index contributed by atoms with van der Waals surface area (Å²) in [6, 6.07) is 6.70. The van der Waals surface area contributed by atoms with Crippen LogP contribution in [-0.2, 0) is 8.91 Å². The molecule has 1 N–H and O–H groups in total. The highest BCUT2D eigenvalue weighted by Gasteiger charge is 2.43. The lowest BCUT2D eigenvalue weighted by Crippen LogP contribution is -2.66.